The van der Waals surface area contributed by atoms with E-state index in [2.05, 4.69) is 0 Å². The molecule has 0 aliphatic rings. The first-order chi connectivity index (χ1) is 7.24. The van der Waals surface area contributed by atoms with Gasteiger partial charge in [0.05, 0.1) is 19.8 Å². The number of ether oxygens (including phenoxy) is 1. The van der Waals surface area contributed by atoms with Crippen LogP contribution in [0, 0.1) is 6.92 Å². The standard InChI is InChI=1S/C11H17NO2S/c1-9-2-3-11(10(12)8-9)15-7-6-14-5-4-13/h2-3,8,13H,4-7,12H2,1H3. The van der Waals surface area contributed by atoms with Gasteiger partial charge in [-0.25, -0.2) is 0 Å². The van der Waals surface area contributed by atoms with E-state index in [0.717, 1.165) is 16.3 Å². The van der Waals surface area contributed by atoms with Gasteiger partial charge in [0.1, 0.15) is 0 Å². The van der Waals surface area contributed by atoms with E-state index in [9.17, 15) is 0 Å². The minimum Gasteiger partial charge on any atom is -0.398 e. The lowest BCUT2D eigenvalue weighted by Crippen LogP contribution is -2.02. The molecule has 0 spiro atoms. The fourth-order valence-corrected chi connectivity index (χ4v) is 1.99. The third-order valence-corrected chi connectivity index (χ3v) is 2.94. The topological polar surface area (TPSA) is 55.5 Å². The normalized spacial score (nSPS) is 10.5. The van der Waals surface area contributed by atoms with Gasteiger partial charge in [-0.15, -0.1) is 11.8 Å². The van der Waals surface area contributed by atoms with Crippen LogP contribution in [-0.4, -0.2) is 30.7 Å². The number of benzene rings is 1. The van der Waals surface area contributed by atoms with Gasteiger partial charge in [-0.2, -0.15) is 0 Å². The van der Waals surface area contributed by atoms with E-state index >= 15 is 0 Å². The average molecular weight is 227 g/mol. The van der Waals surface area contributed by atoms with Crippen molar-refractivity contribution in [2.75, 3.05) is 31.3 Å². The van der Waals surface area contributed by atoms with Crippen LogP contribution in [0.15, 0.2) is 23.1 Å². The van der Waals surface area contributed by atoms with E-state index in [1.165, 1.54) is 5.56 Å². The van der Waals surface area contributed by atoms with Gasteiger partial charge in [-0.05, 0) is 24.6 Å². The predicted molar refractivity (Wildman–Crippen MR) is 64.2 cm³/mol. The Balaban J connectivity index is 2.31. The highest BCUT2D eigenvalue weighted by Crippen LogP contribution is 2.25. The second-order valence-corrected chi connectivity index (χ2v) is 4.36. The first-order valence-electron chi connectivity index (χ1n) is 4.91. The number of anilines is 1. The van der Waals surface area contributed by atoms with E-state index in [0.29, 0.717) is 13.2 Å². The number of rotatable bonds is 6. The van der Waals surface area contributed by atoms with Crippen molar-refractivity contribution in [2.45, 2.75) is 11.8 Å². The summed E-state index contributed by atoms with van der Waals surface area (Å²) in [6.45, 7) is 3.15. The summed E-state index contributed by atoms with van der Waals surface area (Å²) in [5.74, 6) is 0.854. The van der Waals surface area contributed by atoms with Gasteiger partial charge in [0, 0.05) is 16.3 Å². The smallest absolute Gasteiger partial charge is 0.0698 e. The van der Waals surface area contributed by atoms with Crippen LogP contribution in [0.2, 0.25) is 0 Å². The quantitative estimate of drug-likeness (QED) is 0.441. The Morgan fingerprint density at radius 2 is 2.20 bits per heavy atom. The van der Waals surface area contributed by atoms with E-state index < -0.39 is 0 Å². The Bertz CT molecular complexity index is 305. The van der Waals surface area contributed by atoms with Crippen LogP contribution in [-0.2, 0) is 4.74 Å². The van der Waals surface area contributed by atoms with Crippen LogP contribution in [0.3, 0.4) is 0 Å². The second-order valence-electron chi connectivity index (χ2n) is 3.23. The first kappa shape index (κ1) is 12.4. The molecule has 0 saturated carbocycles. The Hall–Kier alpha value is -0.710. The van der Waals surface area contributed by atoms with Crippen molar-refractivity contribution in [1.82, 2.24) is 0 Å². The highest BCUT2D eigenvalue weighted by molar-refractivity contribution is 7.99. The van der Waals surface area contributed by atoms with Crippen LogP contribution < -0.4 is 5.73 Å². The second kappa shape index (κ2) is 6.71. The molecule has 0 unspecified atom stereocenters. The van der Waals surface area contributed by atoms with Crippen LogP contribution >= 0.6 is 11.8 Å². The van der Waals surface area contributed by atoms with Crippen LogP contribution in [0.25, 0.3) is 0 Å². The molecule has 4 heteroatoms. The highest BCUT2D eigenvalue weighted by Gasteiger charge is 1.99. The van der Waals surface area contributed by atoms with Gasteiger partial charge in [0.15, 0.2) is 0 Å². The zero-order valence-corrected chi connectivity index (χ0v) is 9.72. The van der Waals surface area contributed by atoms with Gasteiger partial charge < -0.3 is 15.6 Å². The average Bonchev–Trinajstić information content (AvgIpc) is 2.20. The van der Waals surface area contributed by atoms with Gasteiger partial charge in [-0.1, -0.05) is 6.07 Å². The lowest BCUT2D eigenvalue weighted by molar-refractivity contribution is 0.103. The molecular formula is C11H17NO2S. The maximum absolute atomic E-state index is 8.51. The number of aliphatic hydroxyl groups is 1. The molecule has 0 saturated heterocycles. The predicted octanol–water partition coefficient (Wildman–Crippen LogP) is 1.68. The maximum atomic E-state index is 8.51. The summed E-state index contributed by atoms with van der Waals surface area (Å²) >= 11 is 1.67. The van der Waals surface area contributed by atoms with E-state index in [-0.39, 0.29) is 6.61 Å². The summed E-state index contributed by atoms with van der Waals surface area (Å²) < 4.78 is 5.16. The number of aryl methyl sites for hydroxylation is 1. The first-order valence-corrected chi connectivity index (χ1v) is 5.90. The Morgan fingerprint density at radius 1 is 1.40 bits per heavy atom. The van der Waals surface area contributed by atoms with Crippen molar-refractivity contribution in [2.24, 2.45) is 0 Å². The zero-order valence-electron chi connectivity index (χ0n) is 8.90. The number of hydrogen-bond donors (Lipinski definition) is 2. The third kappa shape index (κ3) is 4.55. The fourth-order valence-electron chi connectivity index (χ4n) is 1.18. The van der Waals surface area contributed by atoms with Crippen LogP contribution in [0.1, 0.15) is 5.56 Å². The summed E-state index contributed by atoms with van der Waals surface area (Å²) in [6.07, 6.45) is 0. The molecule has 3 nitrogen and oxygen atoms in total. The SMILES string of the molecule is Cc1ccc(SCCOCCO)c(N)c1. The lowest BCUT2D eigenvalue weighted by Gasteiger charge is -2.06. The van der Waals surface area contributed by atoms with Gasteiger partial charge in [0.2, 0.25) is 0 Å². The monoisotopic (exact) mass is 227 g/mol. The number of nitrogens with two attached hydrogens (primary N) is 1. The number of hydrogen-bond acceptors (Lipinski definition) is 4. The molecule has 0 radical (unpaired) electrons. The van der Waals surface area contributed by atoms with E-state index in [1.54, 1.807) is 11.8 Å². The molecule has 1 aromatic rings. The zero-order chi connectivity index (χ0) is 11.1. The minimum absolute atomic E-state index is 0.0807. The Labute approximate surface area is 94.6 Å². The summed E-state index contributed by atoms with van der Waals surface area (Å²) in [4.78, 5) is 1.09. The van der Waals surface area contributed by atoms with E-state index in [4.69, 9.17) is 15.6 Å². The molecule has 0 aromatic heterocycles. The Morgan fingerprint density at radius 3 is 2.87 bits per heavy atom. The molecule has 84 valence electrons. The van der Waals surface area contributed by atoms with Gasteiger partial charge in [-0.3, -0.25) is 0 Å². The largest absolute Gasteiger partial charge is 0.398 e. The fraction of sp³-hybridized carbons (Fsp3) is 0.455. The van der Waals surface area contributed by atoms with Crippen molar-refractivity contribution >= 4 is 17.4 Å². The van der Waals surface area contributed by atoms with Crippen molar-refractivity contribution in [3.05, 3.63) is 23.8 Å². The molecule has 1 rings (SSSR count). The summed E-state index contributed by atoms with van der Waals surface area (Å²) in [6, 6.07) is 6.05. The summed E-state index contributed by atoms with van der Waals surface area (Å²) in [5, 5.41) is 8.51. The minimum atomic E-state index is 0.0807. The molecule has 0 atom stereocenters. The van der Waals surface area contributed by atoms with Crippen LogP contribution in [0.5, 0.6) is 0 Å². The number of nitrogen functional groups attached to an aromatic ring is 1. The molecule has 0 heterocycles. The van der Waals surface area contributed by atoms with Crippen molar-refractivity contribution < 1.29 is 9.84 Å². The molecular weight excluding hydrogens is 210 g/mol. The third-order valence-electron chi connectivity index (χ3n) is 1.89. The summed E-state index contributed by atoms with van der Waals surface area (Å²) in [7, 11) is 0. The van der Waals surface area contributed by atoms with Crippen LogP contribution in [0.4, 0.5) is 5.69 Å². The number of thioether (sulfide) groups is 1. The van der Waals surface area contributed by atoms with Crippen molar-refractivity contribution in [3.63, 3.8) is 0 Å². The van der Waals surface area contributed by atoms with Gasteiger partial charge in [0.25, 0.3) is 0 Å². The summed E-state index contributed by atoms with van der Waals surface area (Å²) in [5.41, 5.74) is 7.86. The Kier molecular flexibility index (Phi) is 5.53. The molecule has 1 aromatic carbocycles. The van der Waals surface area contributed by atoms with E-state index in [1.807, 2.05) is 25.1 Å². The molecule has 0 aliphatic carbocycles. The molecule has 0 fully saturated rings. The maximum Gasteiger partial charge on any atom is 0.0698 e. The lowest BCUT2D eigenvalue weighted by atomic mass is 10.2. The molecule has 15 heavy (non-hydrogen) atoms. The molecule has 3 N–H and O–H groups in total. The van der Waals surface area contributed by atoms with Crippen molar-refractivity contribution in [3.8, 4) is 0 Å². The van der Waals surface area contributed by atoms with Gasteiger partial charge >= 0.3 is 0 Å². The highest BCUT2D eigenvalue weighted by atomic mass is 32.2. The molecule has 0 bridgehead atoms. The number of aliphatic hydroxyl groups excluding tert-OH is 1. The molecule has 0 amide bonds. The van der Waals surface area contributed by atoms with Crippen molar-refractivity contribution in [1.29, 1.82) is 0 Å². The molecule has 0 aliphatic heterocycles.